The van der Waals surface area contributed by atoms with E-state index in [1.54, 1.807) is 6.07 Å². The zero-order chi connectivity index (χ0) is 10.8. The number of phenols is 1. The quantitative estimate of drug-likeness (QED) is 0.649. The minimum atomic E-state index is 0.348. The molecule has 3 heteroatoms. The van der Waals surface area contributed by atoms with E-state index in [1.807, 2.05) is 19.1 Å². The SMILES string of the molecule is Cc1cc(NC2CCC(N)C2)ccc1O. The lowest BCUT2D eigenvalue weighted by Crippen LogP contribution is -2.20. The molecule has 0 aromatic heterocycles. The highest BCUT2D eigenvalue weighted by Gasteiger charge is 2.21. The summed E-state index contributed by atoms with van der Waals surface area (Å²) in [6.07, 6.45) is 3.29. The summed E-state index contributed by atoms with van der Waals surface area (Å²) in [5.74, 6) is 0.351. The Bertz CT molecular complexity index is 351. The Labute approximate surface area is 90.3 Å². The zero-order valence-electron chi connectivity index (χ0n) is 9.03. The van der Waals surface area contributed by atoms with E-state index >= 15 is 0 Å². The van der Waals surface area contributed by atoms with Gasteiger partial charge in [0, 0.05) is 17.8 Å². The number of phenolic OH excluding ortho intramolecular Hbond substituents is 1. The summed E-state index contributed by atoms with van der Waals surface area (Å²) in [5, 5.41) is 12.8. The maximum absolute atomic E-state index is 9.40. The van der Waals surface area contributed by atoms with Crippen LogP contribution in [0.4, 0.5) is 5.69 Å². The summed E-state index contributed by atoms with van der Waals surface area (Å²) in [5.41, 5.74) is 7.83. The lowest BCUT2D eigenvalue weighted by atomic mass is 10.1. The molecule has 0 saturated heterocycles. The number of benzene rings is 1. The first-order chi connectivity index (χ1) is 7.15. The summed E-state index contributed by atoms with van der Waals surface area (Å²) in [6, 6.07) is 6.45. The fourth-order valence-electron chi connectivity index (χ4n) is 2.13. The van der Waals surface area contributed by atoms with Gasteiger partial charge in [0.05, 0.1) is 0 Å². The van der Waals surface area contributed by atoms with Crippen molar-refractivity contribution in [3.63, 3.8) is 0 Å². The first-order valence-electron chi connectivity index (χ1n) is 5.47. The van der Waals surface area contributed by atoms with E-state index in [1.165, 1.54) is 0 Å². The molecule has 3 nitrogen and oxygen atoms in total. The van der Waals surface area contributed by atoms with Crippen molar-refractivity contribution in [1.29, 1.82) is 0 Å². The summed E-state index contributed by atoms with van der Waals surface area (Å²) in [4.78, 5) is 0. The molecule has 82 valence electrons. The van der Waals surface area contributed by atoms with Crippen molar-refractivity contribution in [2.24, 2.45) is 5.73 Å². The molecule has 1 aromatic rings. The topological polar surface area (TPSA) is 58.3 Å². The third kappa shape index (κ3) is 2.42. The van der Waals surface area contributed by atoms with E-state index < -0.39 is 0 Å². The molecule has 0 heterocycles. The molecule has 0 aliphatic heterocycles. The molecule has 0 amide bonds. The molecule has 0 bridgehead atoms. The molecular formula is C12H18N2O. The number of aromatic hydroxyl groups is 1. The van der Waals surface area contributed by atoms with Gasteiger partial charge >= 0.3 is 0 Å². The predicted octanol–water partition coefficient (Wildman–Crippen LogP) is 1.99. The zero-order valence-corrected chi connectivity index (χ0v) is 9.03. The second-order valence-electron chi connectivity index (χ2n) is 4.42. The standard InChI is InChI=1S/C12H18N2O/c1-8-6-10(4-5-12(8)15)14-11-3-2-9(13)7-11/h4-6,9,11,14-15H,2-3,7,13H2,1H3. The maximum Gasteiger partial charge on any atom is 0.118 e. The van der Waals surface area contributed by atoms with E-state index in [4.69, 9.17) is 5.73 Å². The van der Waals surface area contributed by atoms with E-state index in [0.29, 0.717) is 17.8 Å². The van der Waals surface area contributed by atoms with E-state index in [9.17, 15) is 5.11 Å². The Morgan fingerprint density at radius 3 is 2.80 bits per heavy atom. The second-order valence-corrected chi connectivity index (χ2v) is 4.42. The van der Waals surface area contributed by atoms with Crippen LogP contribution in [0.1, 0.15) is 24.8 Å². The van der Waals surface area contributed by atoms with Crippen LogP contribution < -0.4 is 11.1 Å². The average molecular weight is 206 g/mol. The molecule has 0 radical (unpaired) electrons. The Balaban J connectivity index is 2.02. The van der Waals surface area contributed by atoms with Crippen LogP contribution >= 0.6 is 0 Å². The Kier molecular flexibility index (Phi) is 2.82. The van der Waals surface area contributed by atoms with E-state index in [0.717, 1.165) is 30.5 Å². The number of hydrogen-bond donors (Lipinski definition) is 3. The number of nitrogens with two attached hydrogens (primary N) is 1. The molecule has 1 aromatic carbocycles. The van der Waals surface area contributed by atoms with E-state index in [2.05, 4.69) is 5.32 Å². The number of aryl methyl sites for hydroxylation is 1. The molecule has 2 rings (SSSR count). The molecule has 1 fully saturated rings. The van der Waals surface area contributed by atoms with Crippen LogP contribution in [0.15, 0.2) is 18.2 Å². The van der Waals surface area contributed by atoms with Gasteiger partial charge in [0.1, 0.15) is 5.75 Å². The fraction of sp³-hybridized carbons (Fsp3) is 0.500. The van der Waals surface area contributed by atoms with Crippen molar-refractivity contribution >= 4 is 5.69 Å². The van der Waals surface area contributed by atoms with Crippen LogP contribution in [0.3, 0.4) is 0 Å². The van der Waals surface area contributed by atoms with Crippen LogP contribution in [0.2, 0.25) is 0 Å². The largest absolute Gasteiger partial charge is 0.508 e. The molecule has 15 heavy (non-hydrogen) atoms. The number of anilines is 1. The molecule has 1 aliphatic rings. The van der Waals surface area contributed by atoms with Crippen LogP contribution in [0.25, 0.3) is 0 Å². The lowest BCUT2D eigenvalue weighted by Gasteiger charge is -2.14. The van der Waals surface area contributed by atoms with Crippen LogP contribution in [-0.4, -0.2) is 17.2 Å². The van der Waals surface area contributed by atoms with Crippen molar-refractivity contribution in [3.05, 3.63) is 23.8 Å². The van der Waals surface area contributed by atoms with Crippen molar-refractivity contribution < 1.29 is 5.11 Å². The monoisotopic (exact) mass is 206 g/mol. The first kappa shape index (κ1) is 10.3. The Morgan fingerprint density at radius 2 is 2.20 bits per heavy atom. The third-order valence-corrected chi connectivity index (χ3v) is 3.04. The van der Waals surface area contributed by atoms with Crippen LogP contribution in [-0.2, 0) is 0 Å². The minimum absolute atomic E-state index is 0.348. The number of rotatable bonds is 2. The van der Waals surface area contributed by atoms with Crippen molar-refractivity contribution in [1.82, 2.24) is 0 Å². The predicted molar refractivity (Wildman–Crippen MR) is 62.1 cm³/mol. The highest BCUT2D eigenvalue weighted by atomic mass is 16.3. The summed E-state index contributed by atoms with van der Waals surface area (Å²) in [7, 11) is 0. The lowest BCUT2D eigenvalue weighted by molar-refractivity contribution is 0.471. The second kappa shape index (κ2) is 4.11. The Morgan fingerprint density at radius 1 is 1.40 bits per heavy atom. The van der Waals surface area contributed by atoms with Gasteiger partial charge in [-0.15, -0.1) is 0 Å². The normalized spacial score (nSPS) is 25.5. The highest BCUT2D eigenvalue weighted by molar-refractivity contribution is 5.51. The fourth-order valence-corrected chi connectivity index (χ4v) is 2.13. The van der Waals surface area contributed by atoms with Gasteiger partial charge in [-0.2, -0.15) is 0 Å². The smallest absolute Gasteiger partial charge is 0.118 e. The van der Waals surface area contributed by atoms with Gasteiger partial charge < -0.3 is 16.2 Å². The number of hydrogen-bond acceptors (Lipinski definition) is 3. The first-order valence-corrected chi connectivity index (χ1v) is 5.47. The number of nitrogens with one attached hydrogen (secondary N) is 1. The van der Waals surface area contributed by atoms with Gasteiger partial charge in [-0.1, -0.05) is 0 Å². The molecule has 0 spiro atoms. The third-order valence-electron chi connectivity index (χ3n) is 3.04. The molecule has 1 saturated carbocycles. The van der Waals surface area contributed by atoms with Gasteiger partial charge in [0.15, 0.2) is 0 Å². The average Bonchev–Trinajstić information content (AvgIpc) is 2.58. The van der Waals surface area contributed by atoms with Gasteiger partial charge in [-0.25, -0.2) is 0 Å². The van der Waals surface area contributed by atoms with Crippen molar-refractivity contribution in [2.75, 3.05) is 5.32 Å². The summed E-state index contributed by atoms with van der Waals surface area (Å²) >= 11 is 0. The van der Waals surface area contributed by atoms with Crippen molar-refractivity contribution in [3.8, 4) is 5.75 Å². The maximum atomic E-state index is 9.40. The molecule has 2 atom stereocenters. The van der Waals surface area contributed by atoms with Gasteiger partial charge in [-0.05, 0) is 49.9 Å². The highest BCUT2D eigenvalue weighted by Crippen LogP contribution is 2.25. The van der Waals surface area contributed by atoms with Crippen LogP contribution in [0.5, 0.6) is 5.75 Å². The summed E-state index contributed by atoms with van der Waals surface area (Å²) < 4.78 is 0. The van der Waals surface area contributed by atoms with Gasteiger partial charge in [0.25, 0.3) is 0 Å². The minimum Gasteiger partial charge on any atom is -0.508 e. The van der Waals surface area contributed by atoms with Crippen LogP contribution in [0, 0.1) is 6.92 Å². The van der Waals surface area contributed by atoms with Gasteiger partial charge in [0.2, 0.25) is 0 Å². The van der Waals surface area contributed by atoms with E-state index in [-0.39, 0.29) is 0 Å². The molecular weight excluding hydrogens is 188 g/mol. The van der Waals surface area contributed by atoms with Gasteiger partial charge in [-0.3, -0.25) is 0 Å². The molecule has 4 N–H and O–H groups in total. The molecule has 2 unspecified atom stereocenters. The Hall–Kier alpha value is -1.22. The summed E-state index contributed by atoms with van der Waals surface area (Å²) in [6.45, 7) is 1.90. The van der Waals surface area contributed by atoms with Crippen molar-refractivity contribution in [2.45, 2.75) is 38.3 Å². The molecule has 1 aliphatic carbocycles.